The van der Waals surface area contributed by atoms with Gasteiger partial charge in [-0.1, -0.05) is 36.4 Å². The van der Waals surface area contributed by atoms with Gasteiger partial charge in [0.05, 0.1) is 6.26 Å². The maximum Gasteiger partial charge on any atom is 0.289 e. The highest BCUT2D eigenvalue weighted by Crippen LogP contribution is 2.22. The molecule has 2 N–H and O–H groups in total. The number of furan rings is 1. The first-order valence-electron chi connectivity index (χ1n) is 11.0. The Morgan fingerprint density at radius 2 is 1.66 bits per heavy atom. The lowest BCUT2D eigenvalue weighted by Crippen LogP contribution is -2.47. The molecule has 4 rings (SSSR count). The lowest BCUT2D eigenvalue weighted by atomic mass is 9.99. The Morgan fingerprint density at radius 3 is 2.28 bits per heavy atom. The number of rotatable bonds is 6. The molecule has 1 aromatic heterocycles. The summed E-state index contributed by atoms with van der Waals surface area (Å²) in [6, 6.07) is 18.9. The van der Waals surface area contributed by atoms with E-state index >= 15 is 0 Å². The number of hydrogen-bond acceptors (Lipinski definition) is 4. The summed E-state index contributed by atoms with van der Waals surface area (Å²) in [4.78, 5) is 27.6. The van der Waals surface area contributed by atoms with Gasteiger partial charge in [0.25, 0.3) is 5.91 Å². The standard InChI is InChI=1S/C26H29N3O3/c1-18-15-19(2)17-22(16-18)28-25(30)24(20-7-4-3-5-8-20)27-21-10-12-29(13-11-21)26(31)23-9-6-14-32-23/h3-9,14-17,21,24,27H,10-13H2,1-2H3,(H,28,30). The summed E-state index contributed by atoms with van der Waals surface area (Å²) in [5.74, 6) is 0.197. The van der Waals surface area contributed by atoms with Crippen LogP contribution < -0.4 is 10.6 Å². The Hall–Kier alpha value is -3.38. The van der Waals surface area contributed by atoms with E-state index in [0.29, 0.717) is 18.8 Å². The number of carbonyl (C=O) groups excluding carboxylic acids is 2. The Morgan fingerprint density at radius 1 is 0.969 bits per heavy atom. The molecule has 0 radical (unpaired) electrons. The Bertz CT molecular complexity index is 1030. The number of nitrogens with one attached hydrogen (secondary N) is 2. The van der Waals surface area contributed by atoms with Crippen LogP contribution in [-0.2, 0) is 4.79 Å². The van der Waals surface area contributed by atoms with E-state index < -0.39 is 6.04 Å². The van der Waals surface area contributed by atoms with Gasteiger partial charge >= 0.3 is 0 Å². The lowest BCUT2D eigenvalue weighted by molar-refractivity contribution is -0.118. The number of carbonyl (C=O) groups is 2. The number of nitrogens with zero attached hydrogens (tertiary/aromatic N) is 1. The van der Waals surface area contributed by atoms with Gasteiger partial charge in [-0.15, -0.1) is 0 Å². The Kier molecular flexibility index (Phi) is 6.71. The van der Waals surface area contributed by atoms with Crippen molar-refractivity contribution in [2.75, 3.05) is 18.4 Å². The van der Waals surface area contributed by atoms with E-state index in [9.17, 15) is 9.59 Å². The maximum atomic E-state index is 13.3. The minimum absolute atomic E-state index is 0.0828. The van der Waals surface area contributed by atoms with Gasteiger partial charge in [0.2, 0.25) is 5.91 Å². The highest BCUT2D eigenvalue weighted by molar-refractivity contribution is 5.95. The second-order valence-electron chi connectivity index (χ2n) is 8.42. The topological polar surface area (TPSA) is 74.6 Å². The molecule has 1 saturated heterocycles. The second kappa shape index (κ2) is 9.83. The van der Waals surface area contributed by atoms with E-state index in [2.05, 4.69) is 16.7 Å². The SMILES string of the molecule is Cc1cc(C)cc(NC(=O)C(NC2CCN(C(=O)c3ccco3)CC2)c2ccccc2)c1. The molecule has 32 heavy (non-hydrogen) atoms. The van der Waals surface area contributed by atoms with Gasteiger partial charge in [0, 0.05) is 24.8 Å². The van der Waals surface area contributed by atoms with Crippen LogP contribution in [0.3, 0.4) is 0 Å². The number of likely N-dealkylation sites (tertiary alicyclic amines) is 1. The zero-order chi connectivity index (χ0) is 22.5. The molecule has 1 aliphatic heterocycles. The Labute approximate surface area is 188 Å². The molecule has 0 saturated carbocycles. The van der Waals surface area contributed by atoms with Crippen molar-refractivity contribution in [2.24, 2.45) is 0 Å². The third-order valence-electron chi connectivity index (χ3n) is 5.80. The lowest BCUT2D eigenvalue weighted by Gasteiger charge is -2.34. The molecule has 0 spiro atoms. The molecule has 2 heterocycles. The van der Waals surface area contributed by atoms with Gasteiger partial charge in [-0.05, 0) is 67.6 Å². The zero-order valence-electron chi connectivity index (χ0n) is 18.5. The molecule has 6 heteroatoms. The molecule has 1 fully saturated rings. The first-order chi connectivity index (χ1) is 15.5. The number of aryl methyl sites for hydroxylation is 2. The fraction of sp³-hybridized carbons (Fsp3) is 0.308. The summed E-state index contributed by atoms with van der Waals surface area (Å²) in [5.41, 5.74) is 3.94. The molecule has 1 unspecified atom stereocenters. The minimum atomic E-state index is -0.477. The summed E-state index contributed by atoms with van der Waals surface area (Å²) in [6.07, 6.45) is 3.06. The number of anilines is 1. The molecule has 0 aliphatic carbocycles. The largest absolute Gasteiger partial charge is 0.459 e. The van der Waals surface area contributed by atoms with E-state index in [1.807, 2.05) is 61.2 Å². The fourth-order valence-corrected chi connectivity index (χ4v) is 4.27. The first-order valence-corrected chi connectivity index (χ1v) is 11.0. The van der Waals surface area contributed by atoms with Crippen molar-refractivity contribution in [3.05, 3.63) is 89.4 Å². The van der Waals surface area contributed by atoms with Crippen LogP contribution in [0.4, 0.5) is 5.69 Å². The predicted octanol–water partition coefficient (Wildman–Crippen LogP) is 4.47. The van der Waals surface area contributed by atoms with Crippen LogP contribution in [0.1, 0.15) is 46.1 Å². The van der Waals surface area contributed by atoms with E-state index in [4.69, 9.17) is 4.42 Å². The van der Waals surface area contributed by atoms with Gasteiger partial charge in [0.1, 0.15) is 6.04 Å². The number of benzene rings is 2. The molecule has 1 aliphatic rings. The zero-order valence-corrected chi connectivity index (χ0v) is 18.5. The van der Waals surface area contributed by atoms with E-state index in [-0.39, 0.29) is 17.9 Å². The van der Waals surface area contributed by atoms with Crippen LogP contribution in [-0.4, -0.2) is 35.8 Å². The van der Waals surface area contributed by atoms with E-state index in [1.54, 1.807) is 12.1 Å². The van der Waals surface area contributed by atoms with Gasteiger partial charge in [-0.25, -0.2) is 0 Å². The van der Waals surface area contributed by atoms with Crippen molar-refractivity contribution in [3.8, 4) is 0 Å². The predicted molar refractivity (Wildman–Crippen MR) is 124 cm³/mol. The average molecular weight is 432 g/mol. The highest BCUT2D eigenvalue weighted by Gasteiger charge is 2.29. The smallest absolute Gasteiger partial charge is 0.289 e. The summed E-state index contributed by atoms with van der Waals surface area (Å²) in [6.45, 7) is 5.29. The third kappa shape index (κ3) is 5.26. The molecular weight excluding hydrogens is 402 g/mol. The molecule has 166 valence electrons. The molecule has 2 amide bonds. The van der Waals surface area contributed by atoms with Crippen LogP contribution in [0.15, 0.2) is 71.3 Å². The monoisotopic (exact) mass is 431 g/mol. The summed E-state index contributed by atoms with van der Waals surface area (Å²) in [7, 11) is 0. The van der Waals surface area contributed by atoms with Crippen LogP contribution in [0.2, 0.25) is 0 Å². The van der Waals surface area contributed by atoms with Crippen LogP contribution in [0, 0.1) is 13.8 Å². The van der Waals surface area contributed by atoms with Gasteiger partial charge < -0.3 is 14.6 Å². The van der Waals surface area contributed by atoms with Crippen molar-refractivity contribution in [1.82, 2.24) is 10.2 Å². The highest BCUT2D eigenvalue weighted by atomic mass is 16.3. The summed E-state index contributed by atoms with van der Waals surface area (Å²) in [5, 5.41) is 6.62. The molecule has 6 nitrogen and oxygen atoms in total. The molecule has 1 atom stereocenters. The summed E-state index contributed by atoms with van der Waals surface area (Å²) < 4.78 is 5.24. The average Bonchev–Trinajstić information content (AvgIpc) is 3.32. The van der Waals surface area contributed by atoms with Crippen molar-refractivity contribution in [3.63, 3.8) is 0 Å². The quantitative estimate of drug-likeness (QED) is 0.604. The Balaban J connectivity index is 1.43. The van der Waals surface area contributed by atoms with Crippen LogP contribution >= 0.6 is 0 Å². The van der Waals surface area contributed by atoms with Gasteiger partial charge in [-0.2, -0.15) is 0 Å². The third-order valence-corrected chi connectivity index (χ3v) is 5.80. The molecular formula is C26H29N3O3. The van der Waals surface area contributed by atoms with Gasteiger partial charge in [-0.3, -0.25) is 14.9 Å². The van der Waals surface area contributed by atoms with E-state index in [1.165, 1.54) is 6.26 Å². The second-order valence-corrected chi connectivity index (χ2v) is 8.42. The van der Waals surface area contributed by atoms with Crippen molar-refractivity contribution in [2.45, 2.75) is 38.8 Å². The molecule has 0 bridgehead atoms. The van der Waals surface area contributed by atoms with Crippen molar-refractivity contribution in [1.29, 1.82) is 0 Å². The molecule has 2 aromatic carbocycles. The van der Waals surface area contributed by atoms with Gasteiger partial charge in [0.15, 0.2) is 5.76 Å². The van der Waals surface area contributed by atoms with Crippen LogP contribution in [0.5, 0.6) is 0 Å². The number of amides is 2. The number of piperidine rings is 1. The van der Waals surface area contributed by atoms with Crippen LogP contribution in [0.25, 0.3) is 0 Å². The van der Waals surface area contributed by atoms with Crippen molar-refractivity contribution >= 4 is 17.5 Å². The maximum absolute atomic E-state index is 13.3. The fourth-order valence-electron chi connectivity index (χ4n) is 4.27. The minimum Gasteiger partial charge on any atom is -0.459 e. The summed E-state index contributed by atoms with van der Waals surface area (Å²) >= 11 is 0. The first kappa shape index (κ1) is 21.8. The molecule has 3 aromatic rings. The van der Waals surface area contributed by atoms with Crippen molar-refractivity contribution < 1.29 is 14.0 Å². The number of hydrogen-bond donors (Lipinski definition) is 2. The van der Waals surface area contributed by atoms with E-state index in [0.717, 1.165) is 35.2 Å². The normalized spacial score (nSPS) is 15.4.